The molecule has 0 aromatic heterocycles. The summed E-state index contributed by atoms with van der Waals surface area (Å²) in [5.41, 5.74) is 11.2. The van der Waals surface area contributed by atoms with Crippen LogP contribution in [0.25, 0.3) is 0 Å². The molecule has 2 aromatic rings. The van der Waals surface area contributed by atoms with E-state index in [0.717, 1.165) is 30.7 Å². The molecule has 5 heteroatoms. The lowest BCUT2D eigenvalue weighted by Crippen LogP contribution is -2.24. The Labute approximate surface area is 166 Å². The van der Waals surface area contributed by atoms with Crippen LogP contribution in [0.2, 0.25) is 0 Å². The van der Waals surface area contributed by atoms with Gasteiger partial charge in [-0.05, 0) is 67.0 Å². The van der Waals surface area contributed by atoms with Crippen LogP contribution in [0, 0.1) is 0 Å². The fourth-order valence-electron chi connectivity index (χ4n) is 3.21. The van der Waals surface area contributed by atoms with E-state index >= 15 is 0 Å². The van der Waals surface area contributed by atoms with Crippen molar-refractivity contribution in [1.82, 2.24) is 0 Å². The van der Waals surface area contributed by atoms with Crippen LogP contribution in [0.15, 0.2) is 47.5 Å². The Morgan fingerprint density at radius 3 is 2.80 bits per heavy atom. The zero-order valence-electron chi connectivity index (χ0n) is 14.6. The molecular formula is C20H26IN3O. The quantitative estimate of drug-likeness (QED) is 0.408. The van der Waals surface area contributed by atoms with Crippen LogP contribution in [0.5, 0.6) is 5.75 Å². The molecule has 2 aromatic carbocycles. The summed E-state index contributed by atoms with van der Waals surface area (Å²) in [4.78, 5) is 4.46. The Morgan fingerprint density at radius 1 is 1.16 bits per heavy atom. The third kappa shape index (κ3) is 5.36. The number of hydrogen-bond donors (Lipinski definition) is 2. The molecule has 0 saturated heterocycles. The van der Waals surface area contributed by atoms with E-state index in [1.807, 2.05) is 18.2 Å². The normalized spacial score (nSPS) is 13.6. The molecule has 0 amide bonds. The highest BCUT2D eigenvalue weighted by atomic mass is 127. The van der Waals surface area contributed by atoms with Crippen LogP contribution >= 0.6 is 24.0 Å². The highest BCUT2D eigenvalue weighted by Gasteiger charge is 2.12. The van der Waals surface area contributed by atoms with Crippen molar-refractivity contribution in [2.45, 2.75) is 32.1 Å². The van der Waals surface area contributed by atoms with E-state index in [2.05, 4.69) is 34.6 Å². The molecule has 3 N–H and O–H groups in total. The van der Waals surface area contributed by atoms with E-state index in [4.69, 9.17) is 10.5 Å². The van der Waals surface area contributed by atoms with Crippen LogP contribution in [0.4, 0.5) is 5.69 Å². The van der Waals surface area contributed by atoms with Crippen LogP contribution in [0.3, 0.4) is 0 Å². The molecule has 0 fully saturated rings. The van der Waals surface area contributed by atoms with Crippen molar-refractivity contribution < 1.29 is 4.74 Å². The molecule has 1 aliphatic carbocycles. The first-order valence-electron chi connectivity index (χ1n) is 8.57. The summed E-state index contributed by atoms with van der Waals surface area (Å²) >= 11 is 0. The van der Waals surface area contributed by atoms with Gasteiger partial charge in [-0.3, -0.25) is 4.99 Å². The molecule has 0 radical (unpaired) electrons. The first-order valence-corrected chi connectivity index (χ1v) is 8.57. The number of aryl methyl sites for hydroxylation is 1. The predicted molar refractivity (Wildman–Crippen MR) is 115 cm³/mol. The van der Waals surface area contributed by atoms with Gasteiger partial charge in [0.25, 0.3) is 0 Å². The monoisotopic (exact) mass is 451 g/mol. The third-order valence-corrected chi connectivity index (χ3v) is 4.48. The predicted octanol–water partition coefficient (Wildman–Crippen LogP) is 4.16. The van der Waals surface area contributed by atoms with Gasteiger partial charge in [-0.1, -0.05) is 24.3 Å². The van der Waals surface area contributed by atoms with E-state index in [1.54, 1.807) is 7.11 Å². The van der Waals surface area contributed by atoms with Gasteiger partial charge in [0.2, 0.25) is 0 Å². The number of benzene rings is 2. The summed E-state index contributed by atoms with van der Waals surface area (Å²) in [6.45, 7) is 0.654. The Balaban J connectivity index is 0.00000225. The maximum Gasteiger partial charge on any atom is 0.193 e. The van der Waals surface area contributed by atoms with Gasteiger partial charge in [-0.2, -0.15) is 0 Å². The van der Waals surface area contributed by atoms with Gasteiger partial charge in [0, 0.05) is 12.2 Å². The summed E-state index contributed by atoms with van der Waals surface area (Å²) in [6, 6.07) is 14.5. The van der Waals surface area contributed by atoms with Crippen molar-refractivity contribution in [2.75, 3.05) is 19.0 Å². The number of nitrogens with one attached hydrogen (secondary N) is 1. The molecule has 0 spiro atoms. The Bertz CT molecular complexity index is 731. The molecule has 4 nitrogen and oxygen atoms in total. The molecule has 0 aliphatic heterocycles. The van der Waals surface area contributed by atoms with Gasteiger partial charge in [0.1, 0.15) is 5.75 Å². The number of nitrogens with two attached hydrogens (primary N) is 1. The highest BCUT2D eigenvalue weighted by Crippen LogP contribution is 2.27. The Hall–Kier alpha value is -1.76. The van der Waals surface area contributed by atoms with Gasteiger partial charge < -0.3 is 15.8 Å². The van der Waals surface area contributed by atoms with E-state index in [-0.39, 0.29) is 24.0 Å². The van der Waals surface area contributed by atoms with Gasteiger partial charge >= 0.3 is 0 Å². The zero-order valence-corrected chi connectivity index (χ0v) is 17.0. The van der Waals surface area contributed by atoms with Gasteiger partial charge in [0.05, 0.1) is 7.11 Å². The maximum absolute atomic E-state index is 6.07. The summed E-state index contributed by atoms with van der Waals surface area (Å²) in [5, 5.41) is 3.28. The average Bonchev–Trinajstić information content (AvgIpc) is 2.62. The van der Waals surface area contributed by atoms with Crippen molar-refractivity contribution >= 4 is 35.6 Å². The minimum atomic E-state index is 0. The SMILES string of the molecule is COc1cccc(CCN=C(N)Nc2cccc3c2CCCC3)c1.I. The van der Waals surface area contributed by atoms with E-state index in [1.165, 1.54) is 29.5 Å². The maximum atomic E-state index is 6.07. The summed E-state index contributed by atoms with van der Waals surface area (Å²) in [7, 11) is 1.68. The van der Waals surface area contributed by atoms with Crippen molar-refractivity contribution in [3.8, 4) is 5.75 Å². The number of hydrogen-bond acceptors (Lipinski definition) is 2. The minimum Gasteiger partial charge on any atom is -0.497 e. The van der Waals surface area contributed by atoms with Crippen molar-refractivity contribution in [2.24, 2.45) is 10.7 Å². The molecule has 25 heavy (non-hydrogen) atoms. The number of ether oxygens (including phenoxy) is 1. The summed E-state index contributed by atoms with van der Waals surface area (Å²) in [6.07, 6.45) is 5.65. The molecular weight excluding hydrogens is 425 g/mol. The molecule has 0 bridgehead atoms. The number of rotatable bonds is 5. The fourth-order valence-corrected chi connectivity index (χ4v) is 3.21. The molecule has 0 heterocycles. The molecule has 0 unspecified atom stereocenters. The largest absolute Gasteiger partial charge is 0.497 e. The smallest absolute Gasteiger partial charge is 0.193 e. The zero-order chi connectivity index (χ0) is 16.8. The first kappa shape index (κ1) is 19.6. The number of aliphatic imine (C=N–C) groups is 1. The fraction of sp³-hybridized carbons (Fsp3) is 0.350. The number of anilines is 1. The molecule has 3 rings (SSSR count). The number of methoxy groups -OCH3 is 1. The topological polar surface area (TPSA) is 59.6 Å². The molecule has 1 aliphatic rings. The van der Waals surface area contributed by atoms with Crippen LogP contribution in [-0.2, 0) is 19.3 Å². The van der Waals surface area contributed by atoms with E-state index in [9.17, 15) is 0 Å². The molecule has 0 saturated carbocycles. The van der Waals surface area contributed by atoms with Crippen LogP contribution in [0.1, 0.15) is 29.5 Å². The van der Waals surface area contributed by atoms with Crippen molar-refractivity contribution in [3.05, 3.63) is 59.2 Å². The van der Waals surface area contributed by atoms with Crippen molar-refractivity contribution in [3.63, 3.8) is 0 Å². The molecule has 0 atom stereocenters. The second-order valence-corrected chi connectivity index (χ2v) is 6.14. The third-order valence-electron chi connectivity index (χ3n) is 4.48. The van der Waals surface area contributed by atoms with Crippen molar-refractivity contribution in [1.29, 1.82) is 0 Å². The second kappa shape index (κ2) is 9.65. The number of fused-ring (bicyclic) bond motifs is 1. The lowest BCUT2D eigenvalue weighted by Gasteiger charge is -2.19. The lowest BCUT2D eigenvalue weighted by molar-refractivity contribution is 0.414. The summed E-state index contributed by atoms with van der Waals surface area (Å²) < 4.78 is 5.24. The number of nitrogens with zero attached hydrogens (tertiary/aromatic N) is 1. The van der Waals surface area contributed by atoms with E-state index < -0.39 is 0 Å². The number of halogens is 1. The first-order chi connectivity index (χ1) is 11.8. The Morgan fingerprint density at radius 2 is 1.96 bits per heavy atom. The standard InChI is InChI=1S/C20H25N3O.HI/c1-24-17-9-4-6-15(14-17)12-13-22-20(21)23-19-11-5-8-16-7-2-3-10-18(16)19;/h4-6,8-9,11,14H,2-3,7,10,12-13H2,1H3,(H3,21,22,23);1H. The number of guanidine groups is 1. The van der Waals surface area contributed by atoms with Gasteiger partial charge in [-0.25, -0.2) is 0 Å². The minimum absolute atomic E-state index is 0. The Kier molecular flexibility index (Phi) is 7.55. The van der Waals surface area contributed by atoms with Gasteiger partial charge in [0.15, 0.2) is 5.96 Å². The highest BCUT2D eigenvalue weighted by molar-refractivity contribution is 14.0. The second-order valence-electron chi connectivity index (χ2n) is 6.14. The summed E-state index contributed by atoms with van der Waals surface area (Å²) in [5.74, 6) is 1.36. The average molecular weight is 451 g/mol. The van der Waals surface area contributed by atoms with Crippen LogP contribution in [-0.4, -0.2) is 19.6 Å². The van der Waals surface area contributed by atoms with Crippen LogP contribution < -0.4 is 15.8 Å². The molecule has 134 valence electrons. The van der Waals surface area contributed by atoms with E-state index in [0.29, 0.717) is 12.5 Å². The lowest BCUT2D eigenvalue weighted by atomic mass is 9.90. The van der Waals surface area contributed by atoms with Gasteiger partial charge in [-0.15, -0.1) is 24.0 Å².